The minimum Gasteiger partial charge on any atom is -0.389 e. The van der Waals surface area contributed by atoms with Crippen molar-refractivity contribution in [2.75, 3.05) is 31.6 Å². The molecule has 1 saturated carbocycles. The highest BCUT2D eigenvalue weighted by molar-refractivity contribution is 6.32. The molecule has 4 atom stereocenters. The number of aliphatic hydroxyl groups is 1. The number of pyridine rings is 1. The number of aliphatic hydroxyl groups excluding tert-OH is 1. The summed E-state index contributed by atoms with van der Waals surface area (Å²) in [6.07, 6.45) is 7.93. The molecule has 9 heteroatoms. The first-order chi connectivity index (χ1) is 17.3. The average Bonchev–Trinajstić information content (AvgIpc) is 3.44. The highest BCUT2D eigenvalue weighted by Crippen LogP contribution is 2.48. The molecular weight excluding hydrogens is 478 g/mol. The van der Waals surface area contributed by atoms with E-state index in [0.717, 1.165) is 59.3 Å². The van der Waals surface area contributed by atoms with Gasteiger partial charge in [0.25, 0.3) is 0 Å². The topological polar surface area (TPSA) is 92.5 Å². The van der Waals surface area contributed by atoms with E-state index in [-0.39, 0.29) is 23.3 Å². The van der Waals surface area contributed by atoms with Crippen LogP contribution in [0.5, 0.6) is 0 Å². The Morgan fingerprint density at radius 1 is 1.22 bits per heavy atom. The van der Waals surface area contributed by atoms with Crippen molar-refractivity contribution in [1.82, 2.24) is 19.7 Å². The maximum Gasteiger partial charge on any atom is 0.229 e. The summed E-state index contributed by atoms with van der Waals surface area (Å²) >= 11 is 6.72. The van der Waals surface area contributed by atoms with Gasteiger partial charge in [-0.15, -0.1) is 0 Å². The molecule has 1 amide bonds. The molecule has 0 spiro atoms. The van der Waals surface area contributed by atoms with Crippen molar-refractivity contribution in [1.29, 1.82) is 0 Å². The number of nitrogens with zero attached hydrogens (tertiary/aromatic N) is 4. The number of carbonyl (C=O) groups is 1. The van der Waals surface area contributed by atoms with Crippen LogP contribution in [0.2, 0.25) is 5.02 Å². The van der Waals surface area contributed by atoms with Crippen molar-refractivity contribution in [2.45, 2.75) is 49.7 Å². The van der Waals surface area contributed by atoms with Gasteiger partial charge < -0.3 is 15.2 Å². The van der Waals surface area contributed by atoms with E-state index in [0.29, 0.717) is 24.9 Å². The van der Waals surface area contributed by atoms with Crippen LogP contribution in [0.4, 0.5) is 5.82 Å². The van der Waals surface area contributed by atoms with Crippen molar-refractivity contribution in [2.24, 2.45) is 13.0 Å². The van der Waals surface area contributed by atoms with Crippen LogP contribution < -0.4 is 5.32 Å². The van der Waals surface area contributed by atoms with E-state index in [9.17, 15) is 9.90 Å². The van der Waals surface area contributed by atoms with Gasteiger partial charge in [-0.3, -0.25) is 14.4 Å². The number of hydrogen-bond acceptors (Lipinski definition) is 6. The van der Waals surface area contributed by atoms with Crippen LogP contribution in [0.25, 0.3) is 10.8 Å². The fourth-order valence-electron chi connectivity index (χ4n) is 5.92. The molecule has 2 aromatic heterocycles. The van der Waals surface area contributed by atoms with E-state index in [1.54, 1.807) is 10.9 Å². The quantitative estimate of drug-likeness (QED) is 0.545. The minimum atomic E-state index is -0.449. The molecule has 1 aromatic carbocycles. The number of benzene rings is 1. The predicted octanol–water partition coefficient (Wildman–Crippen LogP) is 3.69. The molecule has 190 valence electrons. The van der Waals surface area contributed by atoms with Crippen LogP contribution in [0, 0.1) is 5.92 Å². The Balaban J connectivity index is 1.15. The number of halogens is 1. The molecule has 1 aliphatic carbocycles. The number of ether oxygens (including phenoxy) is 1. The first kappa shape index (κ1) is 23.9. The van der Waals surface area contributed by atoms with Crippen molar-refractivity contribution >= 4 is 34.1 Å². The highest BCUT2D eigenvalue weighted by Gasteiger charge is 2.45. The number of carbonyl (C=O) groups excluding carboxylic acids is 1. The molecular formula is C27H32ClN5O3. The second-order valence-corrected chi connectivity index (χ2v) is 11.2. The second-order valence-electron chi connectivity index (χ2n) is 10.8. The second kappa shape index (κ2) is 9.10. The largest absolute Gasteiger partial charge is 0.389 e. The maximum atomic E-state index is 12.8. The number of rotatable bonds is 5. The lowest BCUT2D eigenvalue weighted by Gasteiger charge is -2.43. The van der Waals surface area contributed by atoms with Crippen LogP contribution in [0.15, 0.2) is 36.8 Å². The minimum absolute atomic E-state index is 0.00355. The zero-order chi connectivity index (χ0) is 25.0. The SMILES string of the molecule is Cn1cc(C2CC2C(=O)Nc2cc3cc(C4CCN([C@]5(C)COC[C@@H]5O)CC4)c(Cl)cc3cn2)cn1. The lowest BCUT2D eigenvalue weighted by atomic mass is 9.85. The van der Waals surface area contributed by atoms with E-state index in [1.807, 2.05) is 31.6 Å². The monoisotopic (exact) mass is 509 g/mol. The zero-order valence-electron chi connectivity index (χ0n) is 20.7. The van der Waals surface area contributed by atoms with Crippen LogP contribution in [-0.2, 0) is 16.6 Å². The van der Waals surface area contributed by atoms with Gasteiger partial charge in [-0.25, -0.2) is 4.98 Å². The third kappa shape index (κ3) is 4.30. The molecule has 2 N–H and O–H groups in total. The first-order valence-corrected chi connectivity index (χ1v) is 13.1. The van der Waals surface area contributed by atoms with E-state index in [4.69, 9.17) is 16.3 Å². The Hall–Kier alpha value is -2.52. The predicted molar refractivity (Wildman–Crippen MR) is 138 cm³/mol. The van der Waals surface area contributed by atoms with E-state index in [2.05, 4.69) is 33.3 Å². The molecule has 6 rings (SSSR count). The lowest BCUT2D eigenvalue weighted by molar-refractivity contribution is -0.117. The number of likely N-dealkylation sites (tertiary alicyclic amines) is 1. The summed E-state index contributed by atoms with van der Waals surface area (Å²) in [5.74, 6) is 1.11. The molecule has 3 aliphatic rings. The van der Waals surface area contributed by atoms with Crippen molar-refractivity contribution < 1.29 is 14.6 Å². The molecule has 0 radical (unpaired) electrons. The summed E-state index contributed by atoms with van der Waals surface area (Å²) in [6.45, 7) is 4.86. The number of hydrogen-bond donors (Lipinski definition) is 2. The molecule has 2 saturated heterocycles. The number of amides is 1. The zero-order valence-corrected chi connectivity index (χ0v) is 21.4. The molecule has 3 fully saturated rings. The van der Waals surface area contributed by atoms with Gasteiger partial charge in [0.15, 0.2) is 0 Å². The summed E-state index contributed by atoms with van der Waals surface area (Å²) in [5, 5.41) is 20.4. The number of nitrogens with one attached hydrogen (secondary N) is 1. The number of fused-ring (bicyclic) bond motifs is 1. The van der Waals surface area contributed by atoms with Crippen LogP contribution in [0.1, 0.15) is 49.1 Å². The summed E-state index contributed by atoms with van der Waals surface area (Å²) < 4.78 is 7.31. The van der Waals surface area contributed by atoms with Crippen LogP contribution in [-0.4, -0.2) is 68.6 Å². The molecule has 36 heavy (non-hydrogen) atoms. The van der Waals surface area contributed by atoms with E-state index in [1.165, 1.54) is 0 Å². The average molecular weight is 510 g/mol. The number of piperidine rings is 1. The van der Waals surface area contributed by atoms with Crippen molar-refractivity contribution in [3.63, 3.8) is 0 Å². The molecule has 8 nitrogen and oxygen atoms in total. The highest BCUT2D eigenvalue weighted by atomic mass is 35.5. The standard InChI is InChI=1S/C27H32ClN5O3/c1-27(15-36-14-24(27)34)33-5-3-16(4-6-33)21-7-17-9-25(29-11-18(17)8-23(21)28)31-26(35)22-10-20(22)19-12-30-32(2)13-19/h7-9,11-13,16,20,22,24,34H,3-6,10,14-15H2,1-2H3,(H,29,31,35)/t20?,22?,24-,27+/m0/s1. The van der Waals surface area contributed by atoms with Crippen LogP contribution >= 0.6 is 11.6 Å². The van der Waals surface area contributed by atoms with Gasteiger partial charge in [0.05, 0.1) is 31.1 Å². The third-order valence-corrected chi connectivity index (χ3v) is 8.74. The third-order valence-electron chi connectivity index (χ3n) is 8.41. The summed E-state index contributed by atoms with van der Waals surface area (Å²) in [7, 11) is 1.89. The Bertz CT molecular complexity index is 1300. The van der Waals surface area contributed by atoms with Gasteiger partial charge in [0.2, 0.25) is 5.91 Å². The van der Waals surface area contributed by atoms with Gasteiger partial charge in [-0.1, -0.05) is 11.6 Å². The summed E-state index contributed by atoms with van der Waals surface area (Å²) in [6, 6.07) is 6.07. The Morgan fingerprint density at radius 2 is 2.03 bits per heavy atom. The number of aromatic nitrogens is 3. The molecule has 3 aromatic rings. The normalized spacial score (nSPS) is 29.1. The lowest BCUT2D eigenvalue weighted by Crippen LogP contribution is -2.56. The summed E-state index contributed by atoms with van der Waals surface area (Å²) in [4.78, 5) is 19.7. The number of aryl methyl sites for hydroxylation is 1. The smallest absolute Gasteiger partial charge is 0.229 e. The fraction of sp³-hybridized carbons (Fsp3) is 0.519. The van der Waals surface area contributed by atoms with Gasteiger partial charge >= 0.3 is 0 Å². The van der Waals surface area contributed by atoms with E-state index < -0.39 is 6.10 Å². The van der Waals surface area contributed by atoms with Crippen molar-refractivity contribution in [3.8, 4) is 0 Å². The van der Waals surface area contributed by atoms with E-state index >= 15 is 0 Å². The Morgan fingerprint density at radius 3 is 2.72 bits per heavy atom. The fourth-order valence-corrected chi connectivity index (χ4v) is 6.25. The maximum absolute atomic E-state index is 12.8. The Labute approximate surface area is 215 Å². The number of anilines is 1. The summed E-state index contributed by atoms with van der Waals surface area (Å²) in [5.41, 5.74) is 1.94. The Kier molecular flexibility index (Phi) is 6.03. The molecule has 0 bridgehead atoms. The molecule has 4 heterocycles. The van der Waals surface area contributed by atoms with Gasteiger partial charge in [-0.2, -0.15) is 5.10 Å². The van der Waals surface area contributed by atoms with Crippen LogP contribution in [0.3, 0.4) is 0 Å². The van der Waals surface area contributed by atoms with Gasteiger partial charge in [0.1, 0.15) is 5.82 Å². The molecule has 2 aliphatic heterocycles. The van der Waals surface area contributed by atoms with Crippen molar-refractivity contribution in [3.05, 3.63) is 52.9 Å². The van der Waals surface area contributed by atoms with Gasteiger partial charge in [-0.05, 0) is 85.8 Å². The van der Waals surface area contributed by atoms with Gasteiger partial charge in [0, 0.05) is 35.8 Å². The molecule has 2 unspecified atom stereocenters. The first-order valence-electron chi connectivity index (χ1n) is 12.7.